The minimum atomic E-state index is -0.133. The number of benzene rings is 2. The first-order valence-corrected chi connectivity index (χ1v) is 10.0. The third-order valence-corrected chi connectivity index (χ3v) is 5.34. The molecule has 5 nitrogen and oxygen atoms in total. The number of urea groups is 1. The number of morpholine rings is 1. The highest BCUT2D eigenvalue weighted by Crippen LogP contribution is 2.19. The molecule has 2 aromatic rings. The predicted molar refractivity (Wildman–Crippen MR) is 112 cm³/mol. The van der Waals surface area contributed by atoms with E-state index in [4.69, 9.17) is 4.74 Å². The van der Waals surface area contributed by atoms with Crippen molar-refractivity contribution >= 4 is 6.03 Å². The van der Waals surface area contributed by atoms with E-state index in [1.807, 2.05) is 36.4 Å². The van der Waals surface area contributed by atoms with Gasteiger partial charge >= 0.3 is 6.03 Å². The first-order chi connectivity index (χ1) is 13.5. The molecule has 2 N–H and O–H groups in total. The highest BCUT2D eigenvalue weighted by molar-refractivity contribution is 5.74. The largest absolute Gasteiger partial charge is 0.379 e. The molecule has 1 saturated heterocycles. The molecule has 5 heteroatoms. The second-order valence-corrected chi connectivity index (χ2v) is 7.89. The van der Waals surface area contributed by atoms with E-state index < -0.39 is 0 Å². The molecule has 0 bridgehead atoms. The Labute approximate surface area is 168 Å². The molecule has 1 aliphatic rings. The molecule has 2 amide bonds. The fraction of sp³-hybridized carbons (Fsp3) is 0.435. The number of hydrogen-bond donors (Lipinski definition) is 2. The molecule has 0 spiro atoms. The topological polar surface area (TPSA) is 53.6 Å². The first-order valence-electron chi connectivity index (χ1n) is 10.0. The van der Waals surface area contributed by atoms with Gasteiger partial charge in [0.2, 0.25) is 0 Å². The van der Waals surface area contributed by atoms with E-state index >= 15 is 0 Å². The van der Waals surface area contributed by atoms with Gasteiger partial charge in [0, 0.05) is 25.2 Å². The molecular formula is C23H31N3O2. The smallest absolute Gasteiger partial charge is 0.315 e. The van der Waals surface area contributed by atoms with Crippen molar-refractivity contribution in [3.8, 4) is 0 Å². The van der Waals surface area contributed by atoms with Crippen molar-refractivity contribution in [1.29, 1.82) is 0 Å². The maximum Gasteiger partial charge on any atom is 0.315 e. The normalized spacial score (nSPS) is 16.4. The van der Waals surface area contributed by atoms with Gasteiger partial charge in [-0.3, -0.25) is 4.90 Å². The summed E-state index contributed by atoms with van der Waals surface area (Å²) in [4.78, 5) is 15.1. The minimum absolute atomic E-state index is 0.0740. The predicted octanol–water partition coefficient (Wildman–Crippen LogP) is 3.38. The summed E-state index contributed by atoms with van der Waals surface area (Å²) in [7, 11) is 0. The van der Waals surface area contributed by atoms with Crippen LogP contribution in [0, 0.1) is 0 Å². The van der Waals surface area contributed by atoms with Crippen molar-refractivity contribution in [2.45, 2.75) is 31.8 Å². The number of nitrogens with one attached hydrogen (secondary N) is 2. The molecule has 0 saturated carbocycles. The Balaban J connectivity index is 1.60. The van der Waals surface area contributed by atoms with E-state index in [1.165, 1.54) is 5.56 Å². The van der Waals surface area contributed by atoms with Crippen LogP contribution in [0.25, 0.3) is 0 Å². The monoisotopic (exact) mass is 381 g/mol. The van der Waals surface area contributed by atoms with Gasteiger partial charge in [0.1, 0.15) is 0 Å². The molecular weight excluding hydrogens is 350 g/mol. The van der Waals surface area contributed by atoms with Crippen LogP contribution in [-0.2, 0) is 11.2 Å². The van der Waals surface area contributed by atoms with Crippen LogP contribution in [0.3, 0.4) is 0 Å². The number of carbonyl (C=O) groups is 1. The molecule has 3 rings (SSSR count). The van der Waals surface area contributed by atoms with Gasteiger partial charge in [0.05, 0.1) is 19.3 Å². The van der Waals surface area contributed by atoms with Gasteiger partial charge in [0.15, 0.2) is 0 Å². The lowest BCUT2D eigenvalue weighted by atomic mass is 9.99. The van der Waals surface area contributed by atoms with Gasteiger partial charge in [0.25, 0.3) is 0 Å². The molecule has 0 aliphatic carbocycles. The fourth-order valence-electron chi connectivity index (χ4n) is 3.57. The van der Waals surface area contributed by atoms with Gasteiger partial charge < -0.3 is 15.4 Å². The first kappa shape index (κ1) is 20.4. The summed E-state index contributed by atoms with van der Waals surface area (Å²) in [5.41, 5.74) is 2.20. The van der Waals surface area contributed by atoms with Crippen LogP contribution >= 0.6 is 0 Å². The van der Waals surface area contributed by atoms with Gasteiger partial charge in [-0.2, -0.15) is 0 Å². The van der Waals surface area contributed by atoms with Crippen LogP contribution < -0.4 is 10.6 Å². The lowest BCUT2D eigenvalue weighted by molar-refractivity contribution is -0.00876. The molecule has 1 fully saturated rings. The van der Waals surface area contributed by atoms with Crippen molar-refractivity contribution in [1.82, 2.24) is 15.5 Å². The molecule has 150 valence electrons. The molecule has 0 aromatic heterocycles. The average Bonchev–Trinajstić information content (AvgIpc) is 2.74. The van der Waals surface area contributed by atoms with E-state index in [-0.39, 0.29) is 17.6 Å². The molecule has 0 unspecified atom stereocenters. The SMILES string of the molecule is CC(C)(CNC(=O)N[C@H](Cc1ccccc1)c1ccccc1)N1CCOCC1. The van der Waals surface area contributed by atoms with Crippen LogP contribution in [0.1, 0.15) is 31.0 Å². The van der Waals surface area contributed by atoms with E-state index in [2.05, 4.69) is 53.6 Å². The minimum Gasteiger partial charge on any atom is -0.379 e. The van der Waals surface area contributed by atoms with Crippen LogP contribution in [0.4, 0.5) is 4.79 Å². The number of ether oxygens (including phenoxy) is 1. The lowest BCUT2D eigenvalue weighted by Crippen LogP contribution is -2.56. The summed E-state index contributed by atoms with van der Waals surface area (Å²) >= 11 is 0. The van der Waals surface area contributed by atoms with Gasteiger partial charge in [-0.15, -0.1) is 0 Å². The summed E-state index contributed by atoms with van der Waals surface area (Å²) in [6.45, 7) is 8.22. The quantitative estimate of drug-likeness (QED) is 0.773. The summed E-state index contributed by atoms with van der Waals surface area (Å²) in [6, 6.07) is 20.2. The Morgan fingerprint density at radius 3 is 2.29 bits per heavy atom. The standard InChI is InChI=1S/C23H31N3O2/c1-23(2,26-13-15-28-16-14-26)18-24-22(27)25-21(20-11-7-4-8-12-20)17-19-9-5-3-6-10-19/h3-12,21H,13-18H2,1-2H3,(H2,24,25,27)/t21-/m1/s1. The van der Waals surface area contributed by atoms with E-state index in [0.29, 0.717) is 6.54 Å². The Morgan fingerprint density at radius 1 is 1.04 bits per heavy atom. The summed E-state index contributed by atoms with van der Waals surface area (Å²) < 4.78 is 5.44. The van der Waals surface area contributed by atoms with E-state index in [0.717, 1.165) is 38.3 Å². The Morgan fingerprint density at radius 2 is 1.64 bits per heavy atom. The zero-order valence-corrected chi connectivity index (χ0v) is 16.9. The average molecular weight is 382 g/mol. The van der Waals surface area contributed by atoms with Crippen molar-refractivity contribution in [3.63, 3.8) is 0 Å². The number of carbonyl (C=O) groups excluding carboxylic acids is 1. The second-order valence-electron chi connectivity index (χ2n) is 7.89. The van der Waals surface area contributed by atoms with Crippen LogP contribution in [0.2, 0.25) is 0 Å². The zero-order valence-electron chi connectivity index (χ0n) is 16.9. The number of nitrogens with zero attached hydrogens (tertiary/aromatic N) is 1. The summed E-state index contributed by atoms with van der Waals surface area (Å²) in [6.07, 6.45) is 0.755. The summed E-state index contributed by atoms with van der Waals surface area (Å²) in [5, 5.41) is 6.24. The molecule has 28 heavy (non-hydrogen) atoms. The van der Waals surface area contributed by atoms with Crippen LogP contribution in [-0.4, -0.2) is 49.3 Å². The molecule has 1 aliphatic heterocycles. The number of hydrogen-bond acceptors (Lipinski definition) is 3. The van der Waals surface area contributed by atoms with E-state index in [1.54, 1.807) is 0 Å². The fourth-order valence-corrected chi connectivity index (χ4v) is 3.57. The highest BCUT2D eigenvalue weighted by Gasteiger charge is 2.28. The van der Waals surface area contributed by atoms with Gasteiger partial charge in [-0.05, 0) is 31.4 Å². The maximum atomic E-state index is 12.7. The highest BCUT2D eigenvalue weighted by atomic mass is 16.5. The maximum absolute atomic E-state index is 12.7. The second kappa shape index (κ2) is 9.71. The van der Waals surface area contributed by atoms with Crippen molar-refractivity contribution in [3.05, 3.63) is 71.8 Å². The van der Waals surface area contributed by atoms with E-state index in [9.17, 15) is 4.79 Å². The third kappa shape index (κ3) is 5.81. The van der Waals surface area contributed by atoms with Crippen molar-refractivity contribution < 1.29 is 9.53 Å². The lowest BCUT2D eigenvalue weighted by Gasteiger charge is -2.40. The molecule has 1 atom stereocenters. The third-order valence-electron chi connectivity index (χ3n) is 5.34. The van der Waals surface area contributed by atoms with Crippen molar-refractivity contribution in [2.75, 3.05) is 32.8 Å². The van der Waals surface area contributed by atoms with Crippen LogP contribution in [0.5, 0.6) is 0 Å². The Bertz CT molecular complexity index is 728. The molecule has 1 heterocycles. The molecule has 2 aromatic carbocycles. The molecule has 0 radical (unpaired) electrons. The number of rotatable bonds is 7. The summed E-state index contributed by atoms with van der Waals surface area (Å²) in [5.74, 6) is 0. The number of amides is 2. The van der Waals surface area contributed by atoms with Crippen molar-refractivity contribution in [2.24, 2.45) is 0 Å². The van der Waals surface area contributed by atoms with Gasteiger partial charge in [-0.1, -0.05) is 60.7 Å². The van der Waals surface area contributed by atoms with Crippen LogP contribution in [0.15, 0.2) is 60.7 Å². The Hall–Kier alpha value is -2.37. The zero-order chi connectivity index (χ0) is 19.8. The Kier molecular flexibility index (Phi) is 7.06. The van der Waals surface area contributed by atoms with Gasteiger partial charge in [-0.25, -0.2) is 4.79 Å².